The van der Waals surface area contributed by atoms with Gasteiger partial charge < -0.3 is 0 Å². The summed E-state index contributed by atoms with van der Waals surface area (Å²) in [7, 11) is 0. The molecule has 2 aromatic heterocycles. The molecule has 0 saturated heterocycles. The lowest BCUT2D eigenvalue weighted by Crippen LogP contribution is -1.84. The van der Waals surface area contributed by atoms with E-state index in [0.29, 0.717) is 0 Å². The highest BCUT2D eigenvalue weighted by atomic mass is 32.2. The Balaban J connectivity index is 1.27. The highest BCUT2D eigenvalue weighted by molar-refractivity contribution is 8.01. The van der Waals surface area contributed by atoms with E-state index in [-0.39, 0.29) is 0 Å². The molecule has 3 heteroatoms. The maximum Gasteiger partial charge on any atom is 0.0619 e. The maximum atomic E-state index is 2.38. The van der Waals surface area contributed by atoms with E-state index < -0.39 is 0 Å². The van der Waals surface area contributed by atoms with Crippen LogP contribution in [0.3, 0.4) is 0 Å². The lowest BCUT2D eigenvalue weighted by atomic mass is 10.0. The van der Waals surface area contributed by atoms with Crippen LogP contribution in [0.4, 0.5) is 0 Å². The molecule has 0 unspecified atom stereocenters. The van der Waals surface area contributed by atoms with Crippen molar-refractivity contribution in [2.75, 3.05) is 5.75 Å². The summed E-state index contributed by atoms with van der Waals surface area (Å²) in [6, 6.07) is 4.63. The number of hydrogen-bond acceptors (Lipinski definition) is 3. The van der Waals surface area contributed by atoms with Crippen LogP contribution in [-0.4, -0.2) is 5.75 Å². The summed E-state index contributed by atoms with van der Waals surface area (Å²) in [6.07, 6.45) is 23.2. The van der Waals surface area contributed by atoms with Crippen LogP contribution in [0.2, 0.25) is 0 Å². The molecule has 0 aliphatic heterocycles. The fraction of sp³-hybridized carbons (Fsp3) is 0.750. The second kappa shape index (κ2) is 15.9. The van der Waals surface area contributed by atoms with Crippen LogP contribution < -0.4 is 0 Å². The Morgan fingerprint density at radius 1 is 0.667 bits per heavy atom. The van der Waals surface area contributed by atoms with E-state index in [9.17, 15) is 0 Å². The van der Waals surface area contributed by atoms with Gasteiger partial charge >= 0.3 is 0 Å². The van der Waals surface area contributed by atoms with Crippen molar-refractivity contribution >= 4 is 43.8 Å². The number of thiophene rings is 2. The van der Waals surface area contributed by atoms with Gasteiger partial charge in [-0.15, -0.1) is 34.4 Å². The van der Waals surface area contributed by atoms with Crippen molar-refractivity contribution in [1.29, 1.82) is 0 Å². The smallest absolute Gasteiger partial charge is 0.0619 e. The van der Waals surface area contributed by atoms with Crippen molar-refractivity contribution in [3.63, 3.8) is 0 Å². The zero-order chi connectivity index (χ0) is 19.0. The predicted octanol–water partition coefficient (Wildman–Crippen LogP) is 10.3. The Morgan fingerprint density at radius 2 is 1.19 bits per heavy atom. The lowest BCUT2D eigenvalue weighted by molar-refractivity contribution is 0.532. The van der Waals surface area contributed by atoms with E-state index in [1.54, 1.807) is 0 Å². The maximum absolute atomic E-state index is 2.38. The Labute approximate surface area is 180 Å². The molecule has 0 amide bonds. The van der Waals surface area contributed by atoms with Gasteiger partial charge in [-0.3, -0.25) is 0 Å². The van der Waals surface area contributed by atoms with Gasteiger partial charge in [0.05, 0.1) is 4.21 Å². The average molecular weight is 425 g/mol. The zero-order valence-corrected chi connectivity index (χ0v) is 19.9. The standard InChI is InChI=1S/C24H40S3/c1-2-3-4-5-6-7-8-9-10-11-12-13-14-15-16-17-19-26-24-21-23-22(27-24)18-20-25-23/h18,20-21H,2-17,19H2,1H3. The second-order valence-electron chi connectivity index (χ2n) is 7.87. The van der Waals surface area contributed by atoms with Gasteiger partial charge in [-0.1, -0.05) is 103 Å². The number of rotatable bonds is 18. The summed E-state index contributed by atoms with van der Waals surface area (Å²) >= 11 is 5.90. The monoisotopic (exact) mass is 424 g/mol. The van der Waals surface area contributed by atoms with Crippen molar-refractivity contribution in [1.82, 2.24) is 0 Å². The van der Waals surface area contributed by atoms with Crippen LogP contribution in [0.5, 0.6) is 0 Å². The molecule has 0 spiro atoms. The first-order valence-electron chi connectivity index (χ1n) is 11.5. The molecule has 0 aromatic carbocycles. The van der Waals surface area contributed by atoms with Gasteiger partial charge in [-0.25, -0.2) is 0 Å². The van der Waals surface area contributed by atoms with Crippen molar-refractivity contribution in [3.05, 3.63) is 17.5 Å². The van der Waals surface area contributed by atoms with Crippen LogP contribution in [0, 0.1) is 0 Å². The molecule has 0 nitrogen and oxygen atoms in total. The third-order valence-corrected chi connectivity index (χ3v) is 8.75. The highest BCUT2D eigenvalue weighted by Crippen LogP contribution is 2.36. The third kappa shape index (κ3) is 10.9. The molecule has 0 fully saturated rings. The summed E-state index contributed by atoms with van der Waals surface area (Å²) < 4.78 is 4.45. The summed E-state index contributed by atoms with van der Waals surface area (Å²) in [5.41, 5.74) is 0. The molecule has 0 bridgehead atoms. The molecular weight excluding hydrogens is 384 g/mol. The minimum absolute atomic E-state index is 1.30. The highest BCUT2D eigenvalue weighted by Gasteiger charge is 2.03. The Bertz CT molecular complexity index is 540. The van der Waals surface area contributed by atoms with Gasteiger partial charge in [0.25, 0.3) is 0 Å². The average Bonchev–Trinajstić information content (AvgIpc) is 3.26. The van der Waals surface area contributed by atoms with Gasteiger partial charge in [0.15, 0.2) is 0 Å². The van der Waals surface area contributed by atoms with Gasteiger partial charge in [0.1, 0.15) is 0 Å². The van der Waals surface area contributed by atoms with E-state index in [2.05, 4.69) is 36.2 Å². The molecule has 2 aromatic rings. The van der Waals surface area contributed by atoms with E-state index in [0.717, 1.165) is 0 Å². The van der Waals surface area contributed by atoms with Crippen molar-refractivity contribution in [2.45, 2.75) is 114 Å². The summed E-state index contributed by atoms with van der Waals surface area (Å²) in [5, 5.41) is 2.20. The molecule has 154 valence electrons. The molecule has 27 heavy (non-hydrogen) atoms. The van der Waals surface area contributed by atoms with E-state index in [1.807, 2.05) is 22.7 Å². The second-order valence-corrected chi connectivity index (χ2v) is 11.3. The molecule has 2 rings (SSSR count). The number of hydrogen-bond donors (Lipinski definition) is 0. The van der Waals surface area contributed by atoms with Gasteiger partial charge in [0.2, 0.25) is 0 Å². The van der Waals surface area contributed by atoms with Gasteiger partial charge in [0, 0.05) is 9.40 Å². The van der Waals surface area contributed by atoms with Crippen LogP contribution in [-0.2, 0) is 0 Å². The van der Waals surface area contributed by atoms with Gasteiger partial charge in [-0.05, 0) is 29.7 Å². The van der Waals surface area contributed by atoms with E-state index >= 15 is 0 Å². The van der Waals surface area contributed by atoms with Crippen LogP contribution in [0.25, 0.3) is 9.40 Å². The first-order valence-corrected chi connectivity index (χ1v) is 14.2. The Morgan fingerprint density at radius 3 is 1.70 bits per heavy atom. The molecule has 0 aliphatic rings. The Hall–Kier alpha value is 0.01000. The quantitative estimate of drug-likeness (QED) is 0.169. The summed E-state index contributed by atoms with van der Waals surface area (Å²) in [5.74, 6) is 1.30. The predicted molar refractivity (Wildman–Crippen MR) is 130 cm³/mol. The topological polar surface area (TPSA) is 0 Å². The fourth-order valence-corrected chi connectivity index (χ4v) is 7.06. The van der Waals surface area contributed by atoms with Crippen LogP contribution in [0.1, 0.15) is 110 Å². The molecule has 2 heterocycles. The van der Waals surface area contributed by atoms with E-state index in [4.69, 9.17) is 0 Å². The van der Waals surface area contributed by atoms with Crippen molar-refractivity contribution < 1.29 is 0 Å². The van der Waals surface area contributed by atoms with Crippen molar-refractivity contribution in [2.24, 2.45) is 0 Å². The first-order chi connectivity index (χ1) is 13.4. The fourth-order valence-electron chi connectivity index (χ4n) is 3.64. The minimum atomic E-state index is 1.30. The SMILES string of the molecule is CCCCCCCCCCCCCCCCCCSc1cc2sccc2s1. The largest absolute Gasteiger partial charge is 0.143 e. The summed E-state index contributed by atoms with van der Waals surface area (Å²) in [4.78, 5) is 0. The minimum Gasteiger partial charge on any atom is -0.143 e. The molecule has 0 radical (unpaired) electrons. The first kappa shape index (κ1) is 23.3. The third-order valence-electron chi connectivity index (χ3n) is 5.36. The molecule has 0 atom stereocenters. The molecule has 0 saturated carbocycles. The van der Waals surface area contributed by atoms with Crippen molar-refractivity contribution in [3.8, 4) is 0 Å². The molecule has 0 aliphatic carbocycles. The number of thioether (sulfide) groups is 1. The zero-order valence-electron chi connectivity index (χ0n) is 17.5. The van der Waals surface area contributed by atoms with Gasteiger partial charge in [-0.2, -0.15) is 0 Å². The number of unbranched alkanes of at least 4 members (excludes halogenated alkanes) is 15. The normalized spacial score (nSPS) is 11.6. The number of fused-ring (bicyclic) bond motifs is 1. The lowest BCUT2D eigenvalue weighted by Gasteiger charge is -2.03. The molecule has 0 N–H and O–H groups in total. The van der Waals surface area contributed by atoms with Crippen LogP contribution >= 0.6 is 34.4 Å². The molecular formula is C24H40S3. The summed E-state index contributed by atoms with van der Waals surface area (Å²) in [6.45, 7) is 2.30. The van der Waals surface area contributed by atoms with E-state index in [1.165, 1.54) is 122 Å². The van der Waals surface area contributed by atoms with Crippen LogP contribution in [0.15, 0.2) is 21.7 Å². The Kier molecular flexibility index (Phi) is 13.7.